The first kappa shape index (κ1) is 50.3. The van der Waals surface area contributed by atoms with Gasteiger partial charge in [-0.3, -0.25) is 19.2 Å². The molecule has 1 atom stereocenters. The van der Waals surface area contributed by atoms with Crippen LogP contribution in [0.3, 0.4) is 0 Å². The summed E-state index contributed by atoms with van der Waals surface area (Å²) in [5.41, 5.74) is 4.21. The maximum atomic E-state index is 13.0. The van der Waals surface area contributed by atoms with Crippen LogP contribution >= 0.6 is 59.9 Å². The van der Waals surface area contributed by atoms with Gasteiger partial charge < -0.3 is 45.3 Å². The molecular weight excluding hydrogens is 1110 g/mol. The Balaban J connectivity index is 0.00000258. The van der Waals surface area contributed by atoms with Gasteiger partial charge in [0.2, 0.25) is 23.6 Å². The van der Waals surface area contributed by atoms with Crippen LogP contribution in [0.15, 0.2) is 36.4 Å². The number of methoxy groups -OCH3 is 1. The van der Waals surface area contributed by atoms with Crippen LogP contribution in [0.1, 0.15) is 75.0 Å². The number of carbonyl (C=O) groups excluding carboxylic acids is 5. The summed E-state index contributed by atoms with van der Waals surface area (Å²) in [5, 5.41) is 19.8. The van der Waals surface area contributed by atoms with Gasteiger partial charge in [-0.05, 0) is 67.5 Å². The molecule has 0 radical (unpaired) electrons. The number of carbonyl (C=O) groups is 5. The van der Waals surface area contributed by atoms with Crippen LogP contribution in [0.25, 0.3) is 11.1 Å². The van der Waals surface area contributed by atoms with Gasteiger partial charge in [0, 0.05) is 94.8 Å². The van der Waals surface area contributed by atoms with Crippen LogP contribution in [0.5, 0.6) is 0 Å². The van der Waals surface area contributed by atoms with Crippen LogP contribution in [-0.4, -0.2) is 94.7 Å². The van der Waals surface area contributed by atoms with E-state index in [1.54, 1.807) is 43.5 Å². The van der Waals surface area contributed by atoms with E-state index >= 15 is 0 Å². The Morgan fingerprint density at radius 1 is 0.679 bits per heavy atom. The molecule has 0 fully saturated rings. The molecule has 2 aromatic carbocycles. The average molecular weight is 1160 g/mol. The topological polar surface area (TPSA) is 203 Å². The van der Waals surface area contributed by atoms with E-state index in [9.17, 15) is 28.5 Å². The van der Waals surface area contributed by atoms with E-state index in [1.807, 2.05) is 0 Å². The van der Waals surface area contributed by atoms with Crippen LogP contribution in [0, 0.1) is 0 Å². The summed E-state index contributed by atoms with van der Waals surface area (Å²) in [6.45, 7) is 3.27. The first-order valence-corrected chi connectivity index (χ1v) is 31.5. The normalized spacial score (nSPS) is 12.4. The molecule has 20 heteroatoms. The number of benzene rings is 2. The Morgan fingerprint density at radius 2 is 1.14 bits per heavy atom. The molecule has 3 rings (SSSR count). The van der Waals surface area contributed by atoms with Gasteiger partial charge >= 0.3 is 71.0 Å². The monoisotopic (exact) mass is 1160 g/mol. The number of aliphatic hydroxyl groups excluding tert-OH is 1. The number of nitrogens with one attached hydrogen (secondary N) is 5. The molecular formula is C36H50FI3N5O10V. The Labute approximate surface area is 364 Å². The van der Waals surface area contributed by atoms with Crippen LogP contribution in [0.4, 0.5) is 20.7 Å². The molecule has 0 saturated carbocycles. The Hall–Kier alpha value is -1.87. The van der Waals surface area contributed by atoms with E-state index < -0.39 is 12.2 Å². The maximum absolute atomic E-state index is 13.0. The number of aliphatic hydroxyl groups is 1. The van der Waals surface area contributed by atoms with Gasteiger partial charge in [0.15, 0.2) is 6.10 Å². The van der Waals surface area contributed by atoms with Gasteiger partial charge in [0.05, 0.1) is 13.2 Å². The third kappa shape index (κ3) is 21.2. The van der Waals surface area contributed by atoms with Crippen molar-refractivity contribution in [2.24, 2.45) is 0 Å². The van der Waals surface area contributed by atoms with E-state index in [4.69, 9.17) is 24.1 Å². The molecule has 1 aliphatic rings. The first-order chi connectivity index (χ1) is 27.0. The summed E-state index contributed by atoms with van der Waals surface area (Å²) >= 11 is 7.39. The summed E-state index contributed by atoms with van der Waals surface area (Å²) in [6.07, 6.45) is 1.00. The molecule has 0 heterocycles. The predicted octanol–water partition coefficient (Wildman–Crippen LogP) is 6.31. The van der Waals surface area contributed by atoms with Crippen molar-refractivity contribution in [3.8, 4) is 11.1 Å². The summed E-state index contributed by atoms with van der Waals surface area (Å²) < 4.78 is 34.1. The molecule has 5 amide bonds. The van der Waals surface area contributed by atoms with E-state index in [-0.39, 0.29) is 60.8 Å². The van der Waals surface area contributed by atoms with Crippen molar-refractivity contribution in [1.82, 2.24) is 16.2 Å². The van der Waals surface area contributed by atoms with Gasteiger partial charge in [-0.25, -0.2) is 4.79 Å². The van der Waals surface area contributed by atoms with Crippen molar-refractivity contribution in [3.05, 3.63) is 47.5 Å². The van der Waals surface area contributed by atoms with Crippen molar-refractivity contribution in [2.75, 3.05) is 70.5 Å². The van der Waals surface area contributed by atoms with Gasteiger partial charge in [-0.2, -0.15) is 5.54 Å². The summed E-state index contributed by atoms with van der Waals surface area (Å²) in [5.74, 6) is -1.01. The zero-order valence-corrected chi connectivity index (χ0v) is 39.0. The van der Waals surface area contributed by atoms with E-state index in [0.717, 1.165) is 18.4 Å². The summed E-state index contributed by atoms with van der Waals surface area (Å²) in [6, 6.07) is 10.1. The molecule has 0 spiro atoms. The van der Waals surface area contributed by atoms with Crippen LogP contribution in [-0.2, 0) is 43.0 Å². The van der Waals surface area contributed by atoms with Gasteiger partial charge in [0.1, 0.15) is 0 Å². The van der Waals surface area contributed by atoms with Crippen molar-refractivity contribution >= 4 is 101 Å². The standard InChI is InChI=1S/C36H50FN5O10.3HI.V/c1-49-18-6-20-51-22-16-39-32(45)8-5-10-34(47)41-26-12-14-28-27-13-11-25(23-29(27)35(30(28)24-26)52-36(48)42-37)40-33(46)9-4-7-31(44)38-15-21-50-19-3-2-17-43;;;;/h11-14,23-24,35,43H,2-10,15-22H2,1H3,(H,38,44)(H,39,45)(H,40,46)(H,41,47)(H,42,48);3*1H;/q;;;;+3/p-3. The van der Waals surface area contributed by atoms with Gasteiger partial charge in [-0.1, -0.05) is 16.6 Å². The quantitative estimate of drug-likeness (QED) is 0.0372. The molecule has 0 bridgehead atoms. The summed E-state index contributed by atoms with van der Waals surface area (Å²) in [4.78, 5) is 61.2. The number of anilines is 2. The average Bonchev–Trinajstić information content (AvgIpc) is 3.45. The van der Waals surface area contributed by atoms with Gasteiger partial charge in [0.25, 0.3) is 0 Å². The zero-order chi connectivity index (χ0) is 41.1. The molecule has 0 aliphatic heterocycles. The molecule has 56 heavy (non-hydrogen) atoms. The zero-order valence-electron chi connectivity index (χ0n) is 31.1. The minimum atomic E-state index is -1.31. The number of rotatable bonds is 25. The molecule has 0 saturated heterocycles. The molecule has 2 aromatic rings. The van der Waals surface area contributed by atoms with Crippen molar-refractivity contribution < 1.29 is 57.4 Å². The van der Waals surface area contributed by atoms with Crippen LogP contribution < -0.4 is 26.8 Å². The van der Waals surface area contributed by atoms with Crippen molar-refractivity contribution in [3.63, 3.8) is 0 Å². The Bertz CT molecular complexity index is 1450. The van der Waals surface area contributed by atoms with E-state index in [1.165, 1.54) is 0 Å². The number of fused-ring (bicyclic) bond motifs is 3. The second kappa shape index (κ2) is 30.2. The van der Waals surface area contributed by atoms with Gasteiger partial charge in [-0.15, -0.1) is 0 Å². The Kier molecular flexibility index (Phi) is 27.1. The molecule has 6 N–H and O–H groups in total. The van der Waals surface area contributed by atoms with Crippen LogP contribution in [0.2, 0.25) is 0 Å². The van der Waals surface area contributed by atoms with Crippen molar-refractivity contribution in [1.29, 1.82) is 0 Å². The molecule has 1 aliphatic carbocycles. The molecule has 312 valence electrons. The molecule has 0 aromatic heterocycles. The first-order valence-electron chi connectivity index (χ1n) is 18.0. The fourth-order valence-electron chi connectivity index (χ4n) is 5.42. The third-order valence-corrected chi connectivity index (χ3v) is 7.91. The molecule has 1 unspecified atom stereocenters. The third-order valence-electron chi connectivity index (χ3n) is 7.91. The number of amides is 5. The number of halogens is 4. The van der Waals surface area contributed by atoms with E-state index in [0.29, 0.717) is 99.0 Å². The number of ether oxygens (including phenoxy) is 4. The number of hydrogen-bond donors (Lipinski definition) is 6. The van der Waals surface area contributed by atoms with E-state index in [2.05, 4.69) is 81.2 Å². The fourth-order valence-corrected chi connectivity index (χ4v) is 5.42. The number of hydrogen-bond acceptors (Lipinski definition) is 10. The minimum absolute atomic E-state index is 0.0883. The fraction of sp³-hybridized carbons (Fsp3) is 0.528. The number of unbranched alkanes of at least 4 members (excludes halogenated alkanes) is 1. The predicted molar refractivity (Wildman–Crippen MR) is 232 cm³/mol. The SMILES string of the molecule is COCCCOCCNC(=O)CCCC(=O)Nc1ccc2c(c1)C(OC(=O)NF)c1cc(NC(=O)CCCC(=O)NCCOCCCCO)ccc1-2.[I][V]([I])[I]. The molecule has 15 nitrogen and oxygen atoms in total. The second-order valence-electron chi connectivity index (χ2n) is 12.2. The Morgan fingerprint density at radius 3 is 1.59 bits per heavy atom. The van der Waals surface area contributed by atoms with Crippen molar-refractivity contribution in [2.45, 2.75) is 63.9 Å². The summed E-state index contributed by atoms with van der Waals surface area (Å²) in [7, 11) is 1.62. The second-order valence-corrected chi connectivity index (χ2v) is 47.6.